The van der Waals surface area contributed by atoms with Crippen LogP contribution in [0.2, 0.25) is 0 Å². The molecule has 1 unspecified atom stereocenters. The predicted molar refractivity (Wildman–Crippen MR) is 111 cm³/mol. The number of methoxy groups -OCH3 is 1. The van der Waals surface area contributed by atoms with E-state index in [1.807, 2.05) is 12.1 Å². The fraction of sp³-hybridized carbons (Fsp3) is 0.429. The van der Waals surface area contributed by atoms with Crippen LogP contribution in [-0.4, -0.2) is 61.6 Å². The van der Waals surface area contributed by atoms with Gasteiger partial charge in [-0.15, -0.1) is 0 Å². The van der Waals surface area contributed by atoms with Gasteiger partial charge in [-0.05, 0) is 61.2 Å². The number of carbonyl (C=O) groups is 1. The molecular formula is C21H27N3O5S. The summed E-state index contributed by atoms with van der Waals surface area (Å²) in [5, 5.41) is 12.5. The number of hydrogen-bond donors (Lipinski definition) is 2. The number of benzene rings is 1. The Morgan fingerprint density at radius 3 is 2.40 bits per heavy atom. The number of piperidine rings is 1. The van der Waals surface area contributed by atoms with Crippen molar-refractivity contribution in [3.63, 3.8) is 0 Å². The molecule has 2 aromatic rings. The molecule has 3 rings (SSSR count). The number of aliphatic hydroxyl groups excluding tert-OH is 1. The first kappa shape index (κ1) is 22.2. The molecule has 1 aromatic heterocycles. The second-order valence-electron chi connectivity index (χ2n) is 7.30. The standard InChI is InChI=1S/C21H27N3O5S/c1-29-19-2-4-20(5-3-19)30(27,28)24-12-8-17(9-13-24)21(26)23-18(15-25)14-16-6-10-22-11-7-16/h2-7,10-11,17-18,25H,8-9,12-15H2,1H3,(H,23,26). The summed E-state index contributed by atoms with van der Waals surface area (Å²) in [5.74, 6) is 0.165. The largest absolute Gasteiger partial charge is 0.497 e. The van der Waals surface area contributed by atoms with Crippen LogP contribution in [0.25, 0.3) is 0 Å². The van der Waals surface area contributed by atoms with E-state index in [1.54, 1.807) is 24.5 Å². The first-order valence-electron chi connectivity index (χ1n) is 9.88. The summed E-state index contributed by atoms with van der Waals surface area (Å²) >= 11 is 0. The topological polar surface area (TPSA) is 109 Å². The molecule has 0 radical (unpaired) electrons. The summed E-state index contributed by atoms with van der Waals surface area (Å²) in [6.07, 6.45) is 4.73. The van der Waals surface area contributed by atoms with Crippen LogP contribution in [0.15, 0.2) is 53.7 Å². The van der Waals surface area contributed by atoms with Crippen molar-refractivity contribution in [1.29, 1.82) is 0 Å². The number of nitrogens with one attached hydrogen (secondary N) is 1. The highest BCUT2D eigenvalue weighted by atomic mass is 32.2. The Kier molecular flexibility index (Phi) is 7.41. The van der Waals surface area contributed by atoms with Crippen molar-refractivity contribution in [1.82, 2.24) is 14.6 Å². The molecule has 1 aromatic carbocycles. The minimum atomic E-state index is -3.60. The monoisotopic (exact) mass is 433 g/mol. The van der Waals surface area contributed by atoms with E-state index in [0.717, 1.165) is 5.56 Å². The van der Waals surface area contributed by atoms with E-state index < -0.39 is 10.0 Å². The Morgan fingerprint density at radius 1 is 1.20 bits per heavy atom. The van der Waals surface area contributed by atoms with E-state index in [0.29, 0.717) is 25.0 Å². The van der Waals surface area contributed by atoms with Crippen molar-refractivity contribution in [2.75, 3.05) is 26.8 Å². The summed E-state index contributed by atoms with van der Waals surface area (Å²) in [5.41, 5.74) is 0.977. The fourth-order valence-corrected chi connectivity index (χ4v) is 5.01. The Balaban J connectivity index is 1.55. The molecule has 1 aliphatic heterocycles. The number of rotatable bonds is 8. The smallest absolute Gasteiger partial charge is 0.243 e. The summed E-state index contributed by atoms with van der Waals surface area (Å²) in [6.45, 7) is 0.389. The molecule has 0 aliphatic carbocycles. The lowest BCUT2D eigenvalue weighted by molar-refractivity contribution is -0.127. The predicted octanol–water partition coefficient (Wildman–Crippen LogP) is 1.21. The molecule has 30 heavy (non-hydrogen) atoms. The zero-order chi connectivity index (χ0) is 21.6. The number of aromatic nitrogens is 1. The molecule has 1 saturated heterocycles. The second-order valence-corrected chi connectivity index (χ2v) is 9.24. The van der Waals surface area contributed by atoms with Crippen LogP contribution < -0.4 is 10.1 Å². The molecule has 1 atom stereocenters. The first-order chi connectivity index (χ1) is 14.4. The van der Waals surface area contributed by atoms with Crippen LogP contribution in [0, 0.1) is 5.92 Å². The van der Waals surface area contributed by atoms with E-state index in [2.05, 4.69) is 10.3 Å². The average molecular weight is 434 g/mol. The average Bonchev–Trinajstić information content (AvgIpc) is 2.79. The zero-order valence-corrected chi connectivity index (χ0v) is 17.7. The molecule has 8 nitrogen and oxygen atoms in total. The van der Waals surface area contributed by atoms with E-state index in [9.17, 15) is 18.3 Å². The molecule has 162 valence electrons. The van der Waals surface area contributed by atoms with Gasteiger partial charge in [0, 0.05) is 31.4 Å². The maximum atomic E-state index is 12.8. The van der Waals surface area contributed by atoms with Crippen LogP contribution in [0.3, 0.4) is 0 Å². The van der Waals surface area contributed by atoms with Gasteiger partial charge in [-0.3, -0.25) is 9.78 Å². The molecule has 0 saturated carbocycles. The van der Waals surface area contributed by atoms with Gasteiger partial charge < -0.3 is 15.2 Å². The van der Waals surface area contributed by atoms with Gasteiger partial charge in [0.25, 0.3) is 0 Å². The van der Waals surface area contributed by atoms with E-state index in [-0.39, 0.29) is 42.5 Å². The lowest BCUT2D eigenvalue weighted by Gasteiger charge is -2.31. The van der Waals surface area contributed by atoms with Gasteiger partial charge in [0.2, 0.25) is 15.9 Å². The summed E-state index contributed by atoms with van der Waals surface area (Å²) < 4.78 is 32.2. The molecule has 1 fully saturated rings. The van der Waals surface area contributed by atoms with Gasteiger partial charge in [-0.25, -0.2) is 8.42 Å². The number of sulfonamides is 1. The minimum absolute atomic E-state index is 0.149. The van der Waals surface area contributed by atoms with Crippen LogP contribution in [-0.2, 0) is 21.2 Å². The Labute approximate surface area is 176 Å². The number of pyridine rings is 1. The van der Waals surface area contributed by atoms with E-state index >= 15 is 0 Å². The van der Waals surface area contributed by atoms with Crippen molar-refractivity contribution in [3.8, 4) is 5.75 Å². The molecule has 2 heterocycles. The van der Waals surface area contributed by atoms with Crippen LogP contribution in [0.4, 0.5) is 0 Å². The van der Waals surface area contributed by atoms with Crippen molar-refractivity contribution >= 4 is 15.9 Å². The first-order valence-corrected chi connectivity index (χ1v) is 11.3. The Bertz CT molecular complexity index is 927. The number of aliphatic hydroxyl groups is 1. The lowest BCUT2D eigenvalue weighted by atomic mass is 9.96. The van der Waals surface area contributed by atoms with Gasteiger partial charge in [0.1, 0.15) is 5.75 Å². The van der Waals surface area contributed by atoms with Crippen molar-refractivity contribution < 1.29 is 23.1 Å². The molecule has 9 heteroatoms. The second kappa shape index (κ2) is 10.0. The molecular weight excluding hydrogens is 406 g/mol. The lowest BCUT2D eigenvalue weighted by Crippen LogP contribution is -2.46. The number of hydrogen-bond acceptors (Lipinski definition) is 6. The summed E-state index contributed by atoms with van der Waals surface area (Å²) in [7, 11) is -2.08. The third kappa shape index (κ3) is 5.35. The van der Waals surface area contributed by atoms with Gasteiger partial charge in [-0.2, -0.15) is 4.31 Å². The normalized spacial score (nSPS) is 16.7. The SMILES string of the molecule is COc1ccc(S(=O)(=O)N2CCC(C(=O)NC(CO)Cc3ccncc3)CC2)cc1. The van der Waals surface area contributed by atoms with Gasteiger partial charge in [0.15, 0.2) is 0 Å². The molecule has 0 bridgehead atoms. The molecule has 0 spiro atoms. The number of carbonyl (C=O) groups excluding carboxylic acids is 1. The van der Waals surface area contributed by atoms with Crippen molar-refractivity contribution in [3.05, 3.63) is 54.4 Å². The highest BCUT2D eigenvalue weighted by molar-refractivity contribution is 7.89. The van der Waals surface area contributed by atoms with Gasteiger partial charge >= 0.3 is 0 Å². The van der Waals surface area contributed by atoms with Gasteiger partial charge in [0.05, 0.1) is 24.7 Å². The van der Waals surface area contributed by atoms with Crippen LogP contribution >= 0.6 is 0 Å². The highest BCUT2D eigenvalue weighted by Gasteiger charge is 2.32. The molecule has 1 aliphatic rings. The fourth-order valence-electron chi connectivity index (χ4n) is 3.54. The maximum Gasteiger partial charge on any atom is 0.243 e. The highest BCUT2D eigenvalue weighted by Crippen LogP contribution is 2.25. The zero-order valence-electron chi connectivity index (χ0n) is 16.9. The number of nitrogens with zero attached hydrogens (tertiary/aromatic N) is 2. The third-order valence-electron chi connectivity index (χ3n) is 5.32. The maximum absolute atomic E-state index is 12.8. The van der Waals surface area contributed by atoms with Crippen LogP contribution in [0.5, 0.6) is 5.75 Å². The quantitative estimate of drug-likeness (QED) is 0.648. The Hall–Kier alpha value is -2.49. The molecule has 1 amide bonds. The minimum Gasteiger partial charge on any atom is -0.497 e. The third-order valence-corrected chi connectivity index (χ3v) is 7.23. The van der Waals surface area contributed by atoms with E-state index in [1.165, 1.54) is 23.5 Å². The number of ether oxygens (including phenoxy) is 1. The Morgan fingerprint density at radius 2 is 1.83 bits per heavy atom. The summed E-state index contributed by atoms with van der Waals surface area (Å²) in [6, 6.07) is 9.58. The summed E-state index contributed by atoms with van der Waals surface area (Å²) in [4.78, 5) is 16.8. The number of amides is 1. The van der Waals surface area contributed by atoms with Crippen molar-refractivity contribution in [2.24, 2.45) is 5.92 Å². The van der Waals surface area contributed by atoms with E-state index in [4.69, 9.17) is 4.74 Å². The van der Waals surface area contributed by atoms with Gasteiger partial charge in [-0.1, -0.05) is 0 Å². The van der Waals surface area contributed by atoms with Crippen molar-refractivity contribution in [2.45, 2.75) is 30.2 Å². The van der Waals surface area contributed by atoms with Crippen LogP contribution in [0.1, 0.15) is 18.4 Å². The molecule has 2 N–H and O–H groups in total.